The highest BCUT2D eigenvalue weighted by atomic mass is 16.7. The predicted octanol–water partition coefficient (Wildman–Crippen LogP) is 3.87. The van der Waals surface area contributed by atoms with Crippen molar-refractivity contribution in [3.8, 4) is 11.5 Å². The molecule has 3 atom stereocenters. The molecule has 1 fully saturated rings. The standard InChI is InChI=1S/C27H30N4O4/c1-17-7-3-4-8-19(17)29-26(33)27(2)15-30-21-10-6-5-9-20(21)28-24(30)25(32)31(27)14-18-11-12-22-23(13-18)35-16-34-22/h5-6,9-13,17,19H,3-4,7-8,14-16H2,1-2H3,(H,29,33)/t17-,19+,27-/m1/s1. The molecule has 8 nitrogen and oxygen atoms in total. The van der Waals surface area contributed by atoms with Crippen LogP contribution in [0.2, 0.25) is 0 Å². The van der Waals surface area contributed by atoms with Crippen molar-refractivity contribution in [3.05, 3.63) is 53.9 Å². The van der Waals surface area contributed by atoms with Crippen LogP contribution in [0.15, 0.2) is 42.5 Å². The van der Waals surface area contributed by atoms with E-state index in [0.717, 1.165) is 35.9 Å². The largest absolute Gasteiger partial charge is 0.454 e. The minimum absolute atomic E-state index is 0.117. The number of hydrogen-bond donors (Lipinski definition) is 1. The third-order valence-corrected chi connectivity index (χ3v) is 7.85. The number of para-hydroxylation sites is 2. The van der Waals surface area contributed by atoms with Crippen LogP contribution >= 0.6 is 0 Å². The Hall–Kier alpha value is -3.55. The molecule has 1 aromatic heterocycles. The summed E-state index contributed by atoms with van der Waals surface area (Å²) >= 11 is 0. The lowest BCUT2D eigenvalue weighted by molar-refractivity contribution is -0.134. The molecule has 0 spiro atoms. The van der Waals surface area contributed by atoms with Crippen molar-refractivity contribution in [2.45, 2.75) is 64.2 Å². The summed E-state index contributed by atoms with van der Waals surface area (Å²) in [6.45, 7) is 4.86. The molecule has 1 saturated carbocycles. The monoisotopic (exact) mass is 474 g/mol. The van der Waals surface area contributed by atoms with E-state index < -0.39 is 5.54 Å². The average Bonchev–Trinajstić information content (AvgIpc) is 3.47. The third-order valence-electron chi connectivity index (χ3n) is 7.85. The van der Waals surface area contributed by atoms with Crippen molar-refractivity contribution < 1.29 is 19.1 Å². The highest BCUT2D eigenvalue weighted by molar-refractivity contribution is 6.01. The number of carbonyl (C=O) groups excluding carboxylic acids is 2. The molecule has 0 unspecified atom stereocenters. The third kappa shape index (κ3) is 3.63. The Labute approximate surface area is 204 Å². The van der Waals surface area contributed by atoms with Gasteiger partial charge in [-0.2, -0.15) is 0 Å². The number of ether oxygens (including phenoxy) is 2. The van der Waals surface area contributed by atoms with Crippen LogP contribution in [0.3, 0.4) is 0 Å². The Morgan fingerprint density at radius 2 is 1.94 bits per heavy atom. The maximum Gasteiger partial charge on any atom is 0.291 e. The fraction of sp³-hybridized carbons (Fsp3) is 0.444. The zero-order valence-electron chi connectivity index (χ0n) is 20.1. The second kappa shape index (κ2) is 8.29. The second-order valence-electron chi connectivity index (χ2n) is 10.2. The summed E-state index contributed by atoms with van der Waals surface area (Å²) in [5.74, 6) is 1.76. The van der Waals surface area contributed by atoms with Gasteiger partial charge in [0.1, 0.15) is 5.54 Å². The predicted molar refractivity (Wildman–Crippen MR) is 130 cm³/mol. The Balaban J connectivity index is 1.39. The first-order valence-corrected chi connectivity index (χ1v) is 12.4. The van der Waals surface area contributed by atoms with E-state index in [2.05, 4.69) is 17.2 Å². The van der Waals surface area contributed by atoms with Crippen molar-refractivity contribution in [2.24, 2.45) is 5.92 Å². The first-order valence-electron chi connectivity index (χ1n) is 12.4. The van der Waals surface area contributed by atoms with Gasteiger partial charge >= 0.3 is 0 Å². The van der Waals surface area contributed by atoms with Gasteiger partial charge in [-0.25, -0.2) is 4.98 Å². The minimum Gasteiger partial charge on any atom is -0.454 e. The molecule has 6 rings (SSSR count). The van der Waals surface area contributed by atoms with Crippen molar-refractivity contribution in [1.82, 2.24) is 19.8 Å². The van der Waals surface area contributed by atoms with Gasteiger partial charge in [-0.05, 0) is 55.5 Å². The molecule has 0 bridgehead atoms. The lowest BCUT2D eigenvalue weighted by Crippen LogP contribution is -2.65. The molecular formula is C27H30N4O4. The number of imidazole rings is 1. The lowest BCUT2D eigenvalue weighted by Gasteiger charge is -2.44. The van der Waals surface area contributed by atoms with Gasteiger partial charge in [-0.15, -0.1) is 0 Å². The molecule has 3 heterocycles. The van der Waals surface area contributed by atoms with Gasteiger partial charge in [0.2, 0.25) is 12.7 Å². The van der Waals surface area contributed by atoms with Crippen LogP contribution in [-0.2, 0) is 17.9 Å². The number of amides is 2. The van der Waals surface area contributed by atoms with E-state index >= 15 is 0 Å². The minimum atomic E-state index is -1.08. The average molecular weight is 475 g/mol. The summed E-state index contributed by atoms with van der Waals surface area (Å²) in [5.41, 5.74) is 1.41. The zero-order chi connectivity index (χ0) is 24.2. The van der Waals surface area contributed by atoms with Crippen LogP contribution < -0.4 is 14.8 Å². The molecule has 2 amide bonds. The number of carbonyl (C=O) groups is 2. The van der Waals surface area contributed by atoms with Crippen LogP contribution in [0.1, 0.15) is 55.7 Å². The van der Waals surface area contributed by atoms with Gasteiger partial charge < -0.3 is 24.3 Å². The van der Waals surface area contributed by atoms with Crippen LogP contribution in [0, 0.1) is 5.92 Å². The molecule has 1 aliphatic carbocycles. The molecule has 35 heavy (non-hydrogen) atoms. The van der Waals surface area contributed by atoms with E-state index in [9.17, 15) is 9.59 Å². The normalized spacial score (nSPS) is 25.5. The van der Waals surface area contributed by atoms with Crippen LogP contribution in [-0.4, -0.2) is 44.6 Å². The van der Waals surface area contributed by atoms with Crippen molar-refractivity contribution >= 4 is 22.8 Å². The highest BCUT2D eigenvalue weighted by Crippen LogP contribution is 2.36. The van der Waals surface area contributed by atoms with Gasteiger partial charge in [0.25, 0.3) is 5.91 Å². The second-order valence-corrected chi connectivity index (χ2v) is 10.2. The van der Waals surface area contributed by atoms with Crippen molar-refractivity contribution in [1.29, 1.82) is 0 Å². The molecular weight excluding hydrogens is 444 g/mol. The number of aromatic nitrogens is 2. The quantitative estimate of drug-likeness (QED) is 0.620. The van der Waals surface area contributed by atoms with E-state index in [1.165, 1.54) is 6.42 Å². The molecule has 182 valence electrons. The fourth-order valence-electron chi connectivity index (χ4n) is 5.65. The summed E-state index contributed by atoms with van der Waals surface area (Å²) in [6.07, 6.45) is 4.39. The molecule has 2 aromatic carbocycles. The van der Waals surface area contributed by atoms with Crippen molar-refractivity contribution in [3.63, 3.8) is 0 Å². The Kier molecular flexibility index (Phi) is 5.20. The van der Waals surface area contributed by atoms with E-state index in [1.807, 2.05) is 54.0 Å². The zero-order valence-corrected chi connectivity index (χ0v) is 20.1. The molecule has 0 saturated heterocycles. The Bertz CT molecular complexity index is 1320. The Morgan fingerprint density at radius 3 is 2.80 bits per heavy atom. The van der Waals surface area contributed by atoms with Gasteiger partial charge in [0.15, 0.2) is 17.3 Å². The molecule has 3 aliphatic rings. The van der Waals surface area contributed by atoms with E-state index in [4.69, 9.17) is 9.47 Å². The summed E-state index contributed by atoms with van der Waals surface area (Å²) in [5, 5.41) is 3.32. The number of nitrogens with zero attached hydrogens (tertiary/aromatic N) is 3. The van der Waals surface area contributed by atoms with E-state index in [-0.39, 0.29) is 31.2 Å². The van der Waals surface area contributed by atoms with Gasteiger partial charge in [-0.3, -0.25) is 9.59 Å². The topological polar surface area (TPSA) is 85.7 Å². The SMILES string of the molecule is C[C@@H]1CCCC[C@@H]1NC(=O)[C@@]1(C)Cn2c(nc3ccccc32)C(=O)N1Cc1ccc2c(c1)OCO2. The Morgan fingerprint density at radius 1 is 1.14 bits per heavy atom. The maximum atomic E-state index is 14.0. The van der Waals surface area contributed by atoms with E-state index in [1.54, 1.807) is 4.90 Å². The van der Waals surface area contributed by atoms with Crippen LogP contribution in [0.4, 0.5) is 0 Å². The smallest absolute Gasteiger partial charge is 0.291 e. The molecule has 2 aliphatic heterocycles. The maximum absolute atomic E-state index is 14.0. The number of hydrogen-bond acceptors (Lipinski definition) is 5. The lowest BCUT2D eigenvalue weighted by atomic mass is 9.85. The summed E-state index contributed by atoms with van der Waals surface area (Å²) in [6, 6.07) is 13.5. The number of nitrogens with one attached hydrogen (secondary N) is 1. The van der Waals surface area contributed by atoms with Crippen molar-refractivity contribution in [2.75, 3.05) is 6.79 Å². The van der Waals surface area contributed by atoms with Crippen LogP contribution in [0.5, 0.6) is 11.5 Å². The molecule has 8 heteroatoms. The molecule has 1 N–H and O–H groups in total. The number of fused-ring (bicyclic) bond motifs is 4. The number of rotatable bonds is 4. The van der Waals surface area contributed by atoms with E-state index in [0.29, 0.717) is 29.8 Å². The molecule has 0 radical (unpaired) electrons. The van der Waals surface area contributed by atoms with Crippen LogP contribution in [0.25, 0.3) is 11.0 Å². The first kappa shape index (κ1) is 21.9. The fourth-order valence-corrected chi connectivity index (χ4v) is 5.65. The van der Waals surface area contributed by atoms with Gasteiger partial charge in [-0.1, -0.05) is 38.0 Å². The highest BCUT2D eigenvalue weighted by Gasteiger charge is 2.49. The first-order chi connectivity index (χ1) is 16.9. The van der Waals surface area contributed by atoms with Gasteiger partial charge in [0, 0.05) is 12.6 Å². The summed E-state index contributed by atoms with van der Waals surface area (Å²) in [7, 11) is 0. The van der Waals surface area contributed by atoms with Gasteiger partial charge in [0.05, 0.1) is 17.6 Å². The summed E-state index contributed by atoms with van der Waals surface area (Å²) < 4.78 is 12.9. The molecule has 3 aromatic rings. The number of benzene rings is 2. The summed E-state index contributed by atoms with van der Waals surface area (Å²) in [4.78, 5) is 34.2.